The molecule has 2 aliphatic heterocycles. The number of hydrogen-bond donors (Lipinski definition) is 12. The van der Waals surface area contributed by atoms with Gasteiger partial charge in [-0.1, -0.05) is 119 Å². The lowest BCUT2D eigenvalue weighted by Gasteiger charge is -2.59. The van der Waals surface area contributed by atoms with Crippen molar-refractivity contribution in [2.24, 2.45) is 61.9 Å². The van der Waals surface area contributed by atoms with Crippen LogP contribution >= 0.6 is 7.60 Å². The quantitative estimate of drug-likeness (QED) is 0.0118. The number of anilines is 2. The number of aliphatic imine (C=N–C) groups is 1. The first-order valence-electron chi connectivity index (χ1n) is 50.4. The molecule has 5 aliphatic carbocycles. The molecule has 2 heterocycles. The molecule has 0 radical (unpaired) electrons. The lowest BCUT2D eigenvalue weighted by atomic mass is 9.46. The number of allylic oxidation sites excluding steroid dienone is 4. The number of rotatable bonds is 63. The minimum atomic E-state index is -4.12. The molecule has 42 heteroatoms. The van der Waals surface area contributed by atoms with Crippen LogP contribution in [0.25, 0.3) is 12.2 Å². The topological polar surface area (TPSA) is 567 Å². The third kappa shape index (κ3) is 35.3. The molecule has 10 rings (SSSR count). The Kier molecular flexibility index (Phi) is 47.9. The van der Waals surface area contributed by atoms with Crippen LogP contribution in [0.5, 0.6) is 0 Å². The van der Waals surface area contributed by atoms with Crippen LogP contribution in [0, 0.1) is 34.5 Å². The third-order valence-corrected chi connectivity index (χ3v) is 28.2. The molecule has 0 aromatic heterocycles. The van der Waals surface area contributed by atoms with Crippen LogP contribution in [-0.2, 0) is 122 Å². The summed E-state index contributed by atoms with van der Waals surface area (Å²) in [5, 5.41) is 32.9. The van der Waals surface area contributed by atoms with Crippen molar-refractivity contribution in [3.63, 3.8) is 0 Å². The number of para-hydroxylation sites is 1. The number of alkyl carbamates (subject to hydrolysis) is 1. The highest BCUT2D eigenvalue weighted by molar-refractivity contribution is 7.51. The number of amides is 10. The smallest absolute Gasteiger partial charge is 0.407 e. The molecule has 3 aromatic carbocycles. The number of carbonyl (C=O) groups is 11. The van der Waals surface area contributed by atoms with Gasteiger partial charge in [-0.15, -0.1) is 0 Å². The molecular formula is C102H150N13O28P. The van der Waals surface area contributed by atoms with Gasteiger partial charge in [-0.3, -0.25) is 52.7 Å². The van der Waals surface area contributed by atoms with Gasteiger partial charge in [0.1, 0.15) is 37.1 Å². The van der Waals surface area contributed by atoms with Crippen molar-refractivity contribution in [3.05, 3.63) is 119 Å². The second kappa shape index (κ2) is 59.6. The zero-order chi connectivity index (χ0) is 103. The first-order valence-corrected chi connectivity index (χ1v) is 52.2. The van der Waals surface area contributed by atoms with Crippen molar-refractivity contribution >= 4 is 108 Å². The first-order chi connectivity index (χ1) is 69.3. The van der Waals surface area contributed by atoms with E-state index < -0.39 is 116 Å². The van der Waals surface area contributed by atoms with Crippen molar-refractivity contribution in [1.29, 1.82) is 0 Å². The highest BCUT2D eigenvalue weighted by Gasteiger charge is 2.76. The summed E-state index contributed by atoms with van der Waals surface area (Å²) in [6.07, 6.45) is 11.6. The van der Waals surface area contributed by atoms with E-state index in [9.17, 15) is 62.4 Å². The number of urea groups is 1. The van der Waals surface area contributed by atoms with E-state index in [0.717, 1.165) is 40.8 Å². The van der Waals surface area contributed by atoms with E-state index in [0.29, 0.717) is 100 Å². The highest BCUT2D eigenvalue weighted by atomic mass is 31.2. The molecule has 144 heavy (non-hydrogen) atoms. The highest BCUT2D eigenvalue weighted by Crippen LogP contribution is 2.70. The predicted molar refractivity (Wildman–Crippen MR) is 534 cm³/mol. The Morgan fingerprint density at radius 2 is 1.30 bits per heavy atom. The first kappa shape index (κ1) is 116. The van der Waals surface area contributed by atoms with E-state index >= 15 is 0 Å². The molecule has 3 aromatic rings. The van der Waals surface area contributed by atoms with Gasteiger partial charge in [0.2, 0.25) is 41.4 Å². The van der Waals surface area contributed by atoms with E-state index in [1.165, 1.54) is 0 Å². The molecule has 13 atom stereocenters. The monoisotopic (exact) mass is 2040 g/mol. The van der Waals surface area contributed by atoms with Gasteiger partial charge < -0.3 is 135 Å². The number of aliphatic hydroxyl groups excluding tert-OH is 1. The summed E-state index contributed by atoms with van der Waals surface area (Å²) in [5.74, 6) is 2.12. The fourth-order valence-corrected chi connectivity index (χ4v) is 20.5. The number of hydrazone groups is 1. The number of unbranched alkanes of at least 4 members (excludes halogenated alkanes) is 2. The van der Waals surface area contributed by atoms with Gasteiger partial charge in [0.15, 0.2) is 23.5 Å². The molecule has 15 N–H and O–H groups in total. The van der Waals surface area contributed by atoms with Crippen LogP contribution in [-0.4, -0.2) is 309 Å². The van der Waals surface area contributed by atoms with Crippen LogP contribution in [0.15, 0.2) is 107 Å². The Morgan fingerprint density at radius 1 is 0.660 bits per heavy atom. The predicted octanol–water partition coefficient (Wildman–Crippen LogP) is 6.95. The standard InChI is InChI=1S/C102H150N13O28P/c1-6-15-92-142-86-63-79-78-31-26-74-62-77(116)36-38-100(74,4)93(78)83(117)64-101(79,5)102(86,143-92)85(118)65-109-99(127)141-67-70-22-27-75(28-23-70)110-88(120)21-12-14-42-114(98(104)126)76-29-32-80(106-40-44-132-47-50-135-54-55-137-56-57-138-58-59-139-60-61-144(128,129)130)95(113-105)84(33-30-76)140-68-90(122)107-39-13-11-19-81(97(125)112-94(69(2)3)96(103)124)111-89(121)37-43-131-46-49-134-52-53-136-51-48-133-45-41-108-87(119)34-35-91(123)115-66-73-18-8-7-16-71(73)24-25-72-17-9-10-20-82(72)115/h7-10,16-18,20,22-25,27-28,36,38,62,69,76,78-79,81,83-84,86,92-94,117H,6,11-15,19,21,26,29-35,37,39-61,63-68,105H2,1-5H3,(H2,103,124)(H2,104,126)(H,107,122)(H,108,119)(H,109,127)(H,110,120)(H,111,121)(H,112,125)(H2,128,129,130)/b25-24-,106-80?,113-95?/t76?,78-,79?,81+,83-,84?,86+,92?,93?,94-,100-,101-,102+/m0/s1. The second-order valence-electron chi connectivity index (χ2n) is 37.8. The van der Waals surface area contributed by atoms with Gasteiger partial charge in [-0.05, 0) is 160 Å². The number of fused-ring (bicyclic) bond motifs is 9. The zero-order valence-electron chi connectivity index (χ0n) is 83.7. The van der Waals surface area contributed by atoms with Crippen LogP contribution in [0.3, 0.4) is 0 Å². The number of primary amides is 2. The number of nitrogens with zero attached hydrogens (tertiary/aromatic N) is 4. The van der Waals surface area contributed by atoms with Crippen molar-refractivity contribution in [2.75, 3.05) is 175 Å². The number of carbonyl (C=O) groups excluding carboxylic acids is 11. The average molecular weight is 2040 g/mol. The van der Waals surface area contributed by atoms with Gasteiger partial charge in [-0.2, -0.15) is 5.10 Å². The van der Waals surface area contributed by atoms with Crippen molar-refractivity contribution < 1.29 is 134 Å². The average Bonchev–Trinajstić information content (AvgIpc) is 1.51. The van der Waals surface area contributed by atoms with Crippen molar-refractivity contribution in [1.82, 2.24) is 31.5 Å². The SMILES string of the molecule is CCCC1O[C@@H]2CC3[C@@H]4CCC5=CC(=O)C=C[C@]5(C)C4[C@@H](O)C[C@]3(C)[C@]2(C(=O)CNC(=O)OCc2ccc(NC(=O)CCCCN(C(N)=O)C3CCC(=NCCOCCOCCOCCOCCOCCP(=O)(O)O)C(=NN)C(OCC(=O)NCCCC[C@@H](NC(=O)CCOCCOCCOCCOCCNC(=O)CCC(=O)N4Cc5ccccc5/C=C\c5ccccc54)C(=O)N[C@H](C(N)=O)C(C)C)CC3)cc2)O1. The Hall–Kier alpha value is -10.2. The molecule has 4 saturated carbocycles. The zero-order valence-corrected chi connectivity index (χ0v) is 84.6. The summed E-state index contributed by atoms with van der Waals surface area (Å²) in [7, 11) is -4.12. The van der Waals surface area contributed by atoms with Crippen LogP contribution in [0.2, 0.25) is 0 Å². The van der Waals surface area contributed by atoms with Gasteiger partial charge in [0.05, 0.1) is 168 Å². The van der Waals surface area contributed by atoms with Crippen LogP contribution < -0.4 is 54.1 Å². The van der Waals surface area contributed by atoms with Gasteiger partial charge >= 0.3 is 19.7 Å². The number of aliphatic hydroxyl groups is 1. The molecule has 1 saturated heterocycles. The molecular weight excluding hydrogens is 1890 g/mol. The fraction of sp³-hybridized carbons (Fsp3) is 0.637. The summed E-state index contributed by atoms with van der Waals surface area (Å²) >= 11 is 0. The maximum Gasteiger partial charge on any atom is 0.407 e. The number of benzene rings is 3. The van der Waals surface area contributed by atoms with Gasteiger partial charge in [-0.25, -0.2) is 9.59 Å². The number of Topliss-reactive ketones (excluding diaryl/α,β-unsaturated/α-hetero) is 1. The lowest BCUT2D eigenvalue weighted by Crippen LogP contribution is -2.64. The second-order valence-corrected chi connectivity index (χ2v) is 39.6. The summed E-state index contributed by atoms with van der Waals surface area (Å²) < 4.78 is 86.3. The minimum absolute atomic E-state index is 0.00591. The largest absolute Gasteiger partial charge is 0.445 e. The Morgan fingerprint density at radius 3 is 1.96 bits per heavy atom. The summed E-state index contributed by atoms with van der Waals surface area (Å²) in [5.41, 5.74) is 15.6. The number of hydrogen-bond acceptors (Lipinski definition) is 29. The summed E-state index contributed by atoms with van der Waals surface area (Å²) in [6.45, 7) is 13.6. The lowest BCUT2D eigenvalue weighted by molar-refractivity contribution is -0.198. The van der Waals surface area contributed by atoms with Gasteiger partial charge in [0, 0.05) is 73.8 Å². The molecule has 41 nitrogen and oxygen atoms in total. The fourth-order valence-electron chi connectivity index (χ4n) is 20.2. The summed E-state index contributed by atoms with van der Waals surface area (Å²) in [6, 6.07) is 19.1. The maximum absolute atomic E-state index is 14.8. The molecule has 7 aliphatic rings. The minimum Gasteiger partial charge on any atom is -0.445 e. The van der Waals surface area contributed by atoms with E-state index in [-0.39, 0.29) is 249 Å². The number of nitrogens with one attached hydrogen (secondary N) is 6. The number of ketones is 2. The normalized spacial score (nSPS) is 23.3. The summed E-state index contributed by atoms with van der Waals surface area (Å²) in [4.78, 5) is 173. The Bertz CT molecular complexity index is 4900. The van der Waals surface area contributed by atoms with Crippen LogP contribution in [0.4, 0.5) is 21.0 Å². The number of nitrogens with two attached hydrogens (primary N) is 3. The van der Waals surface area contributed by atoms with E-state index in [1.807, 2.05) is 80.6 Å². The molecule has 0 bridgehead atoms. The van der Waals surface area contributed by atoms with E-state index in [2.05, 4.69) is 43.9 Å². The molecule has 796 valence electrons. The van der Waals surface area contributed by atoms with Crippen molar-refractivity contribution in [3.8, 4) is 0 Å². The van der Waals surface area contributed by atoms with Crippen molar-refractivity contribution in [2.45, 2.75) is 218 Å². The van der Waals surface area contributed by atoms with E-state index in [4.69, 9.17) is 93.7 Å². The van der Waals surface area contributed by atoms with E-state index in [1.54, 1.807) is 60.1 Å². The molecule has 0 spiro atoms. The molecule has 5 fully saturated rings. The Balaban J connectivity index is 0.626. The van der Waals surface area contributed by atoms with Gasteiger partial charge in [0.25, 0.3) is 0 Å². The third-order valence-electron chi connectivity index (χ3n) is 27.4. The molecule has 5 unspecified atom stereocenters. The maximum atomic E-state index is 14.8. The van der Waals surface area contributed by atoms with Crippen LogP contribution in [0.1, 0.15) is 179 Å². The Labute approximate surface area is 842 Å². The molecule has 10 amide bonds. The number of ether oxygens (including phenoxy) is 13.